The first-order valence-electron chi connectivity index (χ1n) is 4.95. The second kappa shape index (κ2) is 4.75. The molecule has 0 amide bonds. The van der Waals surface area contributed by atoms with Crippen molar-refractivity contribution in [3.05, 3.63) is 48.5 Å². The first kappa shape index (κ1) is 10.6. The maximum absolute atomic E-state index is 5.62. The van der Waals surface area contributed by atoms with E-state index in [0.29, 0.717) is 0 Å². The van der Waals surface area contributed by atoms with E-state index in [1.807, 2.05) is 36.4 Å². The zero-order valence-corrected chi connectivity index (χ0v) is 9.01. The van der Waals surface area contributed by atoms with Crippen LogP contribution in [0.25, 0.3) is 0 Å². The zero-order valence-electron chi connectivity index (χ0n) is 9.01. The molecule has 2 nitrogen and oxygen atoms in total. The van der Waals surface area contributed by atoms with Crippen LogP contribution >= 0.6 is 0 Å². The maximum atomic E-state index is 5.62. The van der Waals surface area contributed by atoms with Gasteiger partial charge >= 0.3 is 0 Å². The molecule has 78 valence electrons. The second-order valence-corrected chi connectivity index (χ2v) is 3.35. The molecule has 0 aliphatic carbocycles. The molecule has 0 heterocycles. The molecule has 0 saturated heterocycles. The third-order valence-electron chi connectivity index (χ3n) is 2.18. The highest BCUT2D eigenvalue weighted by Crippen LogP contribution is 2.22. The molecule has 0 aliphatic rings. The van der Waals surface area contributed by atoms with Crippen LogP contribution in [0.3, 0.4) is 0 Å². The molecular formula is C13H11BO2. The average Bonchev–Trinajstić information content (AvgIpc) is 2.33. The largest absolute Gasteiger partial charge is 0.497 e. The second-order valence-electron chi connectivity index (χ2n) is 3.35. The molecule has 0 aromatic heterocycles. The summed E-state index contributed by atoms with van der Waals surface area (Å²) in [4.78, 5) is 0. The average molecular weight is 210 g/mol. The Kier molecular flexibility index (Phi) is 3.15. The predicted octanol–water partition coefficient (Wildman–Crippen LogP) is 2.28. The van der Waals surface area contributed by atoms with Gasteiger partial charge in [-0.1, -0.05) is 17.6 Å². The minimum Gasteiger partial charge on any atom is -0.497 e. The minimum atomic E-state index is 0.724. The summed E-state index contributed by atoms with van der Waals surface area (Å²) in [6.07, 6.45) is 0. The molecule has 2 rings (SSSR count). The van der Waals surface area contributed by atoms with Gasteiger partial charge in [0, 0.05) is 0 Å². The van der Waals surface area contributed by atoms with Crippen molar-refractivity contribution in [3.63, 3.8) is 0 Å². The first-order valence-corrected chi connectivity index (χ1v) is 4.95. The zero-order chi connectivity index (χ0) is 11.4. The molecule has 0 N–H and O–H groups in total. The SMILES string of the molecule is [B]c1ccc(Oc2ccc(OC)cc2)cc1. The highest BCUT2D eigenvalue weighted by molar-refractivity contribution is 6.32. The van der Waals surface area contributed by atoms with Gasteiger partial charge in [-0.15, -0.1) is 0 Å². The van der Waals surface area contributed by atoms with Gasteiger partial charge in [-0.2, -0.15) is 0 Å². The van der Waals surface area contributed by atoms with Crippen molar-refractivity contribution in [2.45, 2.75) is 0 Å². The molecule has 0 fully saturated rings. The number of hydrogen-bond donors (Lipinski definition) is 0. The Balaban J connectivity index is 2.11. The molecule has 0 atom stereocenters. The van der Waals surface area contributed by atoms with E-state index in [1.54, 1.807) is 19.2 Å². The Morgan fingerprint density at radius 1 is 0.750 bits per heavy atom. The van der Waals surface area contributed by atoms with Gasteiger partial charge in [-0.3, -0.25) is 0 Å². The van der Waals surface area contributed by atoms with Crippen molar-refractivity contribution < 1.29 is 9.47 Å². The Morgan fingerprint density at radius 3 is 1.69 bits per heavy atom. The number of rotatable bonds is 3. The quantitative estimate of drug-likeness (QED) is 0.723. The lowest BCUT2D eigenvalue weighted by Gasteiger charge is -2.06. The van der Waals surface area contributed by atoms with Gasteiger partial charge in [0.2, 0.25) is 0 Å². The molecule has 2 aromatic carbocycles. The standard InChI is InChI=1S/C13H11BO2/c1-15-11-6-8-13(9-7-11)16-12-4-2-10(14)3-5-12/h2-9H,1H3. The summed E-state index contributed by atoms with van der Waals surface area (Å²) in [5.41, 5.74) is 0.724. The van der Waals surface area contributed by atoms with Gasteiger partial charge in [-0.25, -0.2) is 0 Å². The number of hydrogen-bond acceptors (Lipinski definition) is 2. The van der Waals surface area contributed by atoms with Crippen LogP contribution in [0.4, 0.5) is 0 Å². The van der Waals surface area contributed by atoms with E-state index >= 15 is 0 Å². The van der Waals surface area contributed by atoms with Gasteiger partial charge in [0.1, 0.15) is 25.1 Å². The van der Waals surface area contributed by atoms with Crippen LogP contribution in [0.15, 0.2) is 48.5 Å². The molecule has 0 aliphatic heterocycles. The van der Waals surface area contributed by atoms with E-state index in [-0.39, 0.29) is 0 Å². The van der Waals surface area contributed by atoms with E-state index in [2.05, 4.69) is 0 Å². The van der Waals surface area contributed by atoms with Crippen LogP contribution in [0.2, 0.25) is 0 Å². The van der Waals surface area contributed by atoms with Crippen molar-refractivity contribution in [2.75, 3.05) is 7.11 Å². The maximum Gasteiger partial charge on any atom is 0.127 e. The fourth-order valence-corrected chi connectivity index (χ4v) is 1.32. The summed E-state index contributed by atoms with van der Waals surface area (Å²) < 4.78 is 10.7. The summed E-state index contributed by atoms with van der Waals surface area (Å²) in [7, 11) is 7.22. The number of methoxy groups -OCH3 is 1. The van der Waals surface area contributed by atoms with Crippen LogP contribution in [0.5, 0.6) is 17.2 Å². The number of benzene rings is 2. The Morgan fingerprint density at radius 2 is 1.19 bits per heavy atom. The van der Waals surface area contributed by atoms with Crippen molar-refractivity contribution >= 4 is 13.3 Å². The number of ether oxygens (including phenoxy) is 2. The van der Waals surface area contributed by atoms with Gasteiger partial charge in [0.05, 0.1) is 7.11 Å². The lowest BCUT2D eigenvalue weighted by atomic mass is 9.97. The molecule has 0 unspecified atom stereocenters. The molecule has 0 spiro atoms. The van der Waals surface area contributed by atoms with E-state index in [1.165, 1.54) is 0 Å². The van der Waals surface area contributed by atoms with Crippen molar-refractivity contribution in [1.29, 1.82) is 0 Å². The summed E-state index contributed by atoms with van der Waals surface area (Å²) in [5, 5.41) is 0. The van der Waals surface area contributed by atoms with Gasteiger partial charge in [-0.05, 0) is 36.4 Å². The molecule has 2 radical (unpaired) electrons. The molecule has 3 heteroatoms. The van der Waals surface area contributed by atoms with E-state index in [9.17, 15) is 0 Å². The van der Waals surface area contributed by atoms with Crippen molar-refractivity contribution in [1.82, 2.24) is 0 Å². The topological polar surface area (TPSA) is 18.5 Å². The Labute approximate surface area is 96.2 Å². The highest BCUT2D eigenvalue weighted by atomic mass is 16.5. The van der Waals surface area contributed by atoms with Crippen molar-refractivity contribution in [3.8, 4) is 17.2 Å². The molecule has 2 aromatic rings. The summed E-state index contributed by atoms with van der Waals surface area (Å²) >= 11 is 0. The smallest absolute Gasteiger partial charge is 0.127 e. The summed E-state index contributed by atoms with van der Waals surface area (Å²) in [6, 6.07) is 14.7. The van der Waals surface area contributed by atoms with Crippen LogP contribution in [0.1, 0.15) is 0 Å². The van der Waals surface area contributed by atoms with Gasteiger partial charge in [0.25, 0.3) is 0 Å². The fraction of sp³-hybridized carbons (Fsp3) is 0.0769. The lowest BCUT2D eigenvalue weighted by Crippen LogP contribution is -1.99. The van der Waals surface area contributed by atoms with E-state index < -0.39 is 0 Å². The summed E-state index contributed by atoms with van der Waals surface area (Å²) in [5.74, 6) is 2.34. The Hall–Kier alpha value is -1.90. The van der Waals surface area contributed by atoms with E-state index in [4.69, 9.17) is 17.3 Å². The fourth-order valence-electron chi connectivity index (χ4n) is 1.32. The molecule has 16 heavy (non-hydrogen) atoms. The molecule has 0 saturated carbocycles. The predicted molar refractivity (Wildman–Crippen MR) is 64.9 cm³/mol. The van der Waals surface area contributed by atoms with Crippen LogP contribution < -0.4 is 14.9 Å². The van der Waals surface area contributed by atoms with Crippen LogP contribution in [0, 0.1) is 0 Å². The lowest BCUT2D eigenvalue weighted by molar-refractivity contribution is 0.413. The molecule has 0 bridgehead atoms. The van der Waals surface area contributed by atoms with Gasteiger partial charge < -0.3 is 9.47 Å². The third kappa shape index (κ3) is 2.57. The Bertz CT molecular complexity index is 448. The van der Waals surface area contributed by atoms with Crippen LogP contribution in [-0.2, 0) is 0 Å². The minimum absolute atomic E-state index is 0.724. The van der Waals surface area contributed by atoms with Gasteiger partial charge in [0.15, 0.2) is 0 Å². The highest BCUT2D eigenvalue weighted by Gasteiger charge is 1.97. The van der Waals surface area contributed by atoms with E-state index in [0.717, 1.165) is 22.7 Å². The monoisotopic (exact) mass is 210 g/mol. The first-order chi connectivity index (χ1) is 7.78. The molecular weight excluding hydrogens is 199 g/mol. The summed E-state index contributed by atoms with van der Waals surface area (Å²) in [6.45, 7) is 0. The van der Waals surface area contributed by atoms with Crippen molar-refractivity contribution in [2.24, 2.45) is 0 Å². The third-order valence-corrected chi connectivity index (χ3v) is 2.18. The normalized spacial score (nSPS) is 9.81. The van der Waals surface area contributed by atoms with Crippen LogP contribution in [-0.4, -0.2) is 15.0 Å².